The Bertz CT molecular complexity index is 771. The molecule has 0 radical (unpaired) electrons. The molecule has 33 heavy (non-hydrogen) atoms. The number of carbonyl (C=O) groups excluding carboxylic acids is 6. The lowest BCUT2D eigenvalue weighted by atomic mass is 10.0. The Morgan fingerprint density at radius 2 is 1.27 bits per heavy atom. The first-order valence-electron chi connectivity index (χ1n) is 10.0. The Labute approximate surface area is 195 Å². The second-order valence-electron chi connectivity index (χ2n) is 7.15. The highest BCUT2D eigenvalue weighted by atomic mass is 32.2. The van der Waals surface area contributed by atoms with Crippen LogP contribution < -0.4 is 0 Å². The van der Waals surface area contributed by atoms with E-state index in [1.54, 1.807) is 0 Å². The van der Waals surface area contributed by atoms with Crippen LogP contribution in [0, 0.1) is 0 Å². The minimum Gasteiger partial charge on any atom is -0.462 e. The average molecular weight is 492 g/mol. The van der Waals surface area contributed by atoms with Gasteiger partial charge in [-0.05, 0) is 0 Å². The summed E-state index contributed by atoms with van der Waals surface area (Å²) >= 11 is 1.27. The maximum Gasteiger partial charge on any atom is 0.303 e. The summed E-state index contributed by atoms with van der Waals surface area (Å²) in [4.78, 5) is 72.5. The third-order valence-electron chi connectivity index (χ3n) is 4.30. The number of hydrogen-bond acceptors (Lipinski definition) is 12. The number of nitrogens with zero attached hydrogens (tertiary/aromatic N) is 1. The molecule has 1 aliphatic rings. The third-order valence-corrected chi connectivity index (χ3v) is 5.58. The number of rotatable bonds is 10. The average Bonchev–Trinajstić information content (AvgIpc) is 3.15. The second-order valence-corrected chi connectivity index (χ2v) is 8.37. The molecule has 1 heterocycles. The summed E-state index contributed by atoms with van der Waals surface area (Å²) in [5.41, 5.74) is 0. The highest BCUT2D eigenvalue weighted by molar-refractivity contribution is 8.00. The number of esters is 5. The van der Waals surface area contributed by atoms with Crippen LogP contribution >= 0.6 is 11.8 Å². The normalized spacial score (nSPS) is 18.8. The van der Waals surface area contributed by atoms with Crippen LogP contribution in [0.4, 0.5) is 0 Å². The summed E-state index contributed by atoms with van der Waals surface area (Å²) in [6.45, 7) is 6.62. The molecule has 12 nitrogen and oxygen atoms in total. The van der Waals surface area contributed by atoms with E-state index < -0.39 is 66.2 Å². The van der Waals surface area contributed by atoms with E-state index in [0.29, 0.717) is 12.3 Å². The van der Waals surface area contributed by atoms with Crippen molar-refractivity contribution in [2.75, 3.05) is 18.9 Å². The van der Waals surface area contributed by atoms with Gasteiger partial charge in [-0.1, -0.05) is 0 Å². The summed E-state index contributed by atoms with van der Waals surface area (Å²) in [5.74, 6) is -3.71. The molecule has 0 aromatic rings. The zero-order chi connectivity index (χ0) is 25.3. The highest BCUT2D eigenvalue weighted by Gasteiger charge is 2.49. The van der Waals surface area contributed by atoms with Crippen molar-refractivity contribution in [1.29, 1.82) is 0 Å². The predicted molar refractivity (Wildman–Crippen MR) is 112 cm³/mol. The minimum absolute atomic E-state index is 0.316. The van der Waals surface area contributed by atoms with Crippen molar-refractivity contribution < 1.29 is 52.5 Å². The van der Waals surface area contributed by atoms with Gasteiger partial charge >= 0.3 is 29.8 Å². The van der Waals surface area contributed by atoms with Crippen molar-refractivity contribution in [2.24, 2.45) is 0 Å². The van der Waals surface area contributed by atoms with E-state index in [0.717, 1.165) is 34.6 Å². The van der Waals surface area contributed by atoms with Gasteiger partial charge in [-0.3, -0.25) is 28.8 Å². The molecule has 1 aliphatic heterocycles. The first-order chi connectivity index (χ1) is 15.3. The van der Waals surface area contributed by atoms with Crippen molar-refractivity contribution in [3.8, 4) is 0 Å². The van der Waals surface area contributed by atoms with Crippen molar-refractivity contribution >= 4 is 47.5 Å². The van der Waals surface area contributed by atoms with Gasteiger partial charge in [0.2, 0.25) is 5.91 Å². The summed E-state index contributed by atoms with van der Waals surface area (Å²) in [6.07, 6.45) is -5.75. The largest absolute Gasteiger partial charge is 0.462 e. The zero-order valence-electron chi connectivity index (χ0n) is 19.4. The molecule has 0 unspecified atom stereocenters. The Morgan fingerprint density at radius 1 is 0.758 bits per heavy atom. The Hall–Kier alpha value is -2.83. The van der Waals surface area contributed by atoms with Crippen LogP contribution in [0.2, 0.25) is 0 Å². The minimum atomic E-state index is -1.53. The van der Waals surface area contributed by atoms with E-state index in [1.165, 1.54) is 23.6 Å². The number of thioether (sulfide) groups is 1. The number of hydrogen-bond donors (Lipinski definition) is 0. The van der Waals surface area contributed by atoms with Gasteiger partial charge in [0.05, 0.1) is 0 Å². The van der Waals surface area contributed by atoms with Crippen LogP contribution in [0.15, 0.2) is 0 Å². The monoisotopic (exact) mass is 491 g/mol. The molecule has 13 heteroatoms. The summed E-state index contributed by atoms with van der Waals surface area (Å²) in [5, 5.41) is -0.791. The quantitative estimate of drug-likeness (QED) is 0.303. The summed E-state index contributed by atoms with van der Waals surface area (Å²) in [6, 6.07) is 0. The zero-order valence-corrected chi connectivity index (χ0v) is 20.2. The molecule has 1 fully saturated rings. The van der Waals surface area contributed by atoms with E-state index >= 15 is 0 Å². The molecule has 1 saturated heterocycles. The van der Waals surface area contributed by atoms with Gasteiger partial charge in [0.25, 0.3) is 0 Å². The lowest BCUT2D eigenvalue weighted by Crippen LogP contribution is -2.58. The molecule has 0 aromatic carbocycles. The molecule has 0 saturated carbocycles. The summed E-state index contributed by atoms with van der Waals surface area (Å²) < 4.78 is 26.3. The predicted octanol–water partition coefficient (Wildman–Crippen LogP) is 0.198. The van der Waals surface area contributed by atoms with Crippen molar-refractivity contribution in [3.63, 3.8) is 0 Å². The van der Waals surface area contributed by atoms with Gasteiger partial charge in [-0.25, -0.2) is 0 Å². The lowest BCUT2D eigenvalue weighted by Gasteiger charge is -2.39. The molecular weight excluding hydrogens is 462 g/mol. The molecule has 1 amide bonds. The maximum absolute atomic E-state index is 12.1. The Balaban J connectivity index is 3.55. The SMILES string of the molecule is CC(=O)OC[C@@H](OC(C)=O)[C@@H](OC(C)=O)[C@@H](OC(C)=O)[C@H](OC(C)=O)[C@@H]1SCCN1C(C)=O. The van der Waals surface area contributed by atoms with Gasteiger partial charge in [-0.2, -0.15) is 0 Å². The van der Waals surface area contributed by atoms with Crippen LogP contribution in [0.5, 0.6) is 0 Å². The first kappa shape index (κ1) is 28.2. The van der Waals surface area contributed by atoms with E-state index in [1.807, 2.05) is 0 Å². The molecule has 1 rings (SSSR count). The fourth-order valence-electron chi connectivity index (χ4n) is 3.24. The van der Waals surface area contributed by atoms with Gasteiger partial charge in [0.1, 0.15) is 12.0 Å². The molecule has 0 aliphatic carbocycles. The van der Waals surface area contributed by atoms with E-state index in [9.17, 15) is 28.8 Å². The highest BCUT2D eigenvalue weighted by Crippen LogP contribution is 2.33. The van der Waals surface area contributed by atoms with Crippen LogP contribution in [-0.2, 0) is 52.5 Å². The molecule has 0 aromatic heterocycles. The molecular formula is C20H29NO11S. The van der Waals surface area contributed by atoms with E-state index in [-0.39, 0.29) is 5.91 Å². The van der Waals surface area contributed by atoms with Gasteiger partial charge in [0, 0.05) is 53.8 Å². The number of ether oxygens (including phenoxy) is 5. The van der Waals surface area contributed by atoms with Crippen LogP contribution in [0.25, 0.3) is 0 Å². The maximum atomic E-state index is 12.1. The van der Waals surface area contributed by atoms with Crippen LogP contribution in [0.1, 0.15) is 41.5 Å². The second kappa shape index (κ2) is 13.0. The first-order valence-corrected chi connectivity index (χ1v) is 11.1. The lowest BCUT2D eigenvalue weighted by molar-refractivity contribution is -0.204. The smallest absolute Gasteiger partial charge is 0.303 e. The van der Waals surface area contributed by atoms with Crippen LogP contribution in [-0.4, -0.2) is 89.3 Å². The standard InChI is InChI=1S/C20H29NO11S/c1-10(22)21-7-8-33-20(21)19(32-15(6)27)18(31-14(5)26)17(30-13(4)25)16(29-12(3)24)9-28-11(2)23/h16-20H,7-9H2,1-6H3/t16-,17-,18-,19+,20+/m1/s1. The Kier molecular flexibility index (Phi) is 11.1. The van der Waals surface area contributed by atoms with E-state index in [2.05, 4.69) is 0 Å². The third kappa shape index (κ3) is 9.28. The molecule has 0 N–H and O–H groups in total. The van der Waals surface area contributed by atoms with Crippen molar-refractivity contribution in [1.82, 2.24) is 4.90 Å². The fourth-order valence-corrected chi connectivity index (χ4v) is 4.62. The van der Waals surface area contributed by atoms with Gasteiger partial charge in [0.15, 0.2) is 24.4 Å². The van der Waals surface area contributed by atoms with E-state index in [4.69, 9.17) is 23.7 Å². The summed E-state index contributed by atoms with van der Waals surface area (Å²) in [7, 11) is 0. The van der Waals surface area contributed by atoms with Gasteiger partial charge < -0.3 is 28.6 Å². The van der Waals surface area contributed by atoms with Gasteiger partial charge in [-0.15, -0.1) is 11.8 Å². The molecule has 186 valence electrons. The fraction of sp³-hybridized carbons (Fsp3) is 0.700. The molecule has 0 bridgehead atoms. The van der Waals surface area contributed by atoms with Crippen molar-refractivity contribution in [2.45, 2.75) is 71.3 Å². The van der Waals surface area contributed by atoms with Crippen LogP contribution in [0.3, 0.4) is 0 Å². The topological polar surface area (TPSA) is 152 Å². The number of carbonyl (C=O) groups is 6. The van der Waals surface area contributed by atoms with Crippen molar-refractivity contribution in [3.05, 3.63) is 0 Å². The molecule has 0 spiro atoms. The Morgan fingerprint density at radius 3 is 1.73 bits per heavy atom. The number of amides is 1. The molecule has 5 atom stereocenters.